The summed E-state index contributed by atoms with van der Waals surface area (Å²) >= 11 is 0. The SMILES string of the molecule is O=C(c1ccccc1)N1CCCCC1C1CCCCC1O. The number of likely N-dealkylation sites (tertiary alicyclic amines) is 1. The molecule has 1 aliphatic carbocycles. The number of hydrogen-bond donors (Lipinski definition) is 1. The topological polar surface area (TPSA) is 40.5 Å². The van der Waals surface area contributed by atoms with Crippen LogP contribution >= 0.6 is 0 Å². The van der Waals surface area contributed by atoms with Crippen LogP contribution in [-0.4, -0.2) is 34.6 Å². The van der Waals surface area contributed by atoms with Crippen LogP contribution in [-0.2, 0) is 0 Å². The van der Waals surface area contributed by atoms with E-state index in [4.69, 9.17) is 0 Å². The molecule has 0 radical (unpaired) electrons. The zero-order chi connectivity index (χ0) is 14.7. The maximum atomic E-state index is 12.8. The van der Waals surface area contributed by atoms with Crippen LogP contribution in [0.1, 0.15) is 55.3 Å². The van der Waals surface area contributed by atoms with Crippen molar-refractivity contribution in [2.75, 3.05) is 6.54 Å². The highest BCUT2D eigenvalue weighted by atomic mass is 16.3. The van der Waals surface area contributed by atoms with Gasteiger partial charge in [-0.3, -0.25) is 4.79 Å². The smallest absolute Gasteiger partial charge is 0.254 e. The molecule has 114 valence electrons. The summed E-state index contributed by atoms with van der Waals surface area (Å²) in [5, 5.41) is 10.4. The summed E-state index contributed by atoms with van der Waals surface area (Å²) in [6.45, 7) is 0.835. The average molecular weight is 287 g/mol. The second kappa shape index (κ2) is 6.61. The summed E-state index contributed by atoms with van der Waals surface area (Å²) in [4.78, 5) is 14.8. The number of benzene rings is 1. The van der Waals surface area contributed by atoms with Gasteiger partial charge in [-0.1, -0.05) is 31.0 Å². The van der Waals surface area contributed by atoms with Crippen LogP contribution in [0.2, 0.25) is 0 Å². The molecule has 1 saturated heterocycles. The van der Waals surface area contributed by atoms with Crippen molar-refractivity contribution in [3.05, 3.63) is 35.9 Å². The van der Waals surface area contributed by atoms with E-state index in [0.29, 0.717) is 0 Å². The van der Waals surface area contributed by atoms with Crippen molar-refractivity contribution in [1.82, 2.24) is 4.90 Å². The molecule has 1 saturated carbocycles. The van der Waals surface area contributed by atoms with Gasteiger partial charge in [-0.15, -0.1) is 0 Å². The Labute approximate surface area is 127 Å². The zero-order valence-corrected chi connectivity index (χ0v) is 12.6. The maximum Gasteiger partial charge on any atom is 0.254 e. The lowest BCUT2D eigenvalue weighted by atomic mass is 9.78. The predicted octanol–water partition coefficient (Wildman–Crippen LogP) is 3.23. The van der Waals surface area contributed by atoms with Crippen LogP contribution in [0.3, 0.4) is 0 Å². The first-order valence-electron chi connectivity index (χ1n) is 8.31. The van der Waals surface area contributed by atoms with Crippen molar-refractivity contribution in [2.45, 2.75) is 57.1 Å². The van der Waals surface area contributed by atoms with E-state index < -0.39 is 0 Å². The summed E-state index contributed by atoms with van der Waals surface area (Å²) in [6, 6.07) is 9.79. The van der Waals surface area contributed by atoms with Crippen LogP contribution in [0.25, 0.3) is 0 Å². The molecule has 1 aromatic carbocycles. The lowest BCUT2D eigenvalue weighted by molar-refractivity contribution is -0.00128. The molecule has 2 fully saturated rings. The van der Waals surface area contributed by atoms with E-state index in [2.05, 4.69) is 0 Å². The minimum absolute atomic E-state index is 0.137. The normalized spacial score (nSPS) is 30.1. The molecular weight excluding hydrogens is 262 g/mol. The van der Waals surface area contributed by atoms with Crippen LogP contribution in [0.4, 0.5) is 0 Å². The number of carbonyl (C=O) groups excluding carboxylic acids is 1. The minimum atomic E-state index is -0.229. The van der Waals surface area contributed by atoms with E-state index in [1.807, 2.05) is 35.2 Å². The van der Waals surface area contributed by atoms with Gasteiger partial charge in [0, 0.05) is 24.1 Å². The molecule has 3 heteroatoms. The highest BCUT2D eigenvalue weighted by Gasteiger charge is 2.37. The highest BCUT2D eigenvalue weighted by molar-refractivity contribution is 5.94. The Morgan fingerprint density at radius 1 is 1.00 bits per heavy atom. The summed E-state index contributed by atoms with van der Waals surface area (Å²) in [7, 11) is 0. The van der Waals surface area contributed by atoms with Gasteiger partial charge in [0.15, 0.2) is 0 Å². The fourth-order valence-electron chi connectivity index (χ4n) is 3.99. The van der Waals surface area contributed by atoms with Crippen LogP contribution in [0, 0.1) is 5.92 Å². The summed E-state index contributed by atoms with van der Waals surface area (Å²) in [5.41, 5.74) is 0.773. The monoisotopic (exact) mass is 287 g/mol. The maximum absolute atomic E-state index is 12.8. The van der Waals surface area contributed by atoms with E-state index in [-0.39, 0.29) is 24.0 Å². The Balaban J connectivity index is 1.79. The van der Waals surface area contributed by atoms with E-state index >= 15 is 0 Å². The Morgan fingerprint density at radius 2 is 1.71 bits per heavy atom. The van der Waals surface area contributed by atoms with Crippen molar-refractivity contribution >= 4 is 5.91 Å². The van der Waals surface area contributed by atoms with Gasteiger partial charge in [-0.05, 0) is 44.2 Å². The Hall–Kier alpha value is -1.35. The summed E-state index contributed by atoms with van der Waals surface area (Å²) in [6.07, 6.45) is 7.33. The number of rotatable bonds is 2. The number of hydrogen-bond acceptors (Lipinski definition) is 2. The first-order valence-corrected chi connectivity index (χ1v) is 8.31. The van der Waals surface area contributed by atoms with Gasteiger partial charge in [-0.25, -0.2) is 0 Å². The van der Waals surface area contributed by atoms with Crippen LogP contribution in [0.5, 0.6) is 0 Å². The number of aliphatic hydroxyl groups excluding tert-OH is 1. The number of nitrogens with zero attached hydrogens (tertiary/aromatic N) is 1. The van der Waals surface area contributed by atoms with Gasteiger partial charge in [0.2, 0.25) is 0 Å². The molecule has 0 aromatic heterocycles. The Bertz CT molecular complexity index is 473. The second-order valence-electron chi connectivity index (χ2n) is 6.44. The quantitative estimate of drug-likeness (QED) is 0.907. The van der Waals surface area contributed by atoms with E-state index in [1.165, 1.54) is 12.8 Å². The van der Waals surface area contributed by atoms with Gasteiger partial charge in [0.1, 0.15) is 0 Å². The molecule has 2 aliphatic rings. The fraction of sp³-hybridized carbons (Fsp3) is 0.611. The molecule has 3 atom stereocenters. The third kappa shape index (κ3) is 3.13. The molecule has 0 spiro atoms. The van der Waals surface area contributed by atoms with Gasteiger partial charge in [0.05, 0.1) is 6.10 Å². The molecule has 1 N–H and O–H groups in total. The van der Waals surface area contributed by atoms with Crippen LogP contribution in [0.15, 0.2) is 30.3 Å². The number of amides is 1. The first-order chi connectivity index (χ1) is 10.3. The summed E-state index contributed by atoms with van der Waals surface area (Å²) in [5.74, 6) is 0.407. The van der Waals surface area contributed by atoms with Crippen LogP contribution < -0.4 is 0 Å². The van der Waals surface area contributed by atoms with Gasteiger partial charge in [-0.2, -0.15) is 0 Å². The molecule has 1 amide bonds. The lowest BCUT2D eigenvalue weighted by Crippen LogP contribution is -2.51. The predicted molar refractivity (Wildman–Crippen MR) is 83.1 cm³/mol. The molecular formula is C18H25NO2. The third-order valence-corrected chi connectivity index (χ3v) is 5.11. The fourth-order valence-corrected chi connectivity index (χ4v) is 3.99. The van der Waals surface area contributed by atoms with Gasteiger partial charge >= 0.3 is 0 Å². The largest absolute Gasteiger partial charge is 0.393 e. The third-order valence-electron chi connectivity index (χ3n) is 5.11. The average Bonchev–Trinajstić information content (AvgIpc) is 2.55. The molecule has 3 unspecified atom stereocenters. The highest BCUT2D eigenvalue weighted by Crippen LogP contribution is 2.34. The van der Waals surface area contributed by atoms with Crippen molar-refractivity contribution in [3.63, 3.8) is 0 Å². The Kier molecular flexibility index (Phi) is 4.59. The Morgan fingerprint density at radius 3 is 2.48 bits per heavy atom. The van der Waals surface area contributed by atoms with E-state index in [0.717, 1.165) is 44.2 Å². The van der Waals surface area contributed by atoms with E-state index in [1.54, 1.807) is 0 Å². The lowest BCUT2D eigenvalue weighted by Gasteiger charge is -2.43. The molecule has 21 heavy (non-hydrogen) atoms. The number of aliphatic hydroxyl groups is 1. The second-order valence-corrected chi connectivity index (χ2v) is 6.44. The molecule has 1 heterocycles. The number of carbonyl (C=O) groups is 1. The number of piperidine rings is 1. The summed E-state index contributed by atoms with van der Waals surface area (Å²) < 4.78 is 0. The van der Waals surface area contributed by atoms with E-state index in [9.17, 15) is 9.90 Å². The standard InChI is InChI=1S/C18H25NO2/c20-17-12-5-4-10-15(17)16-11-6-7-13-19(16)18(21)14-8-2-1-3-9-14/h1-3,8-9,15-17,20H,4-7,10-13H2. The van der Waals surface area contributed by atoms with Crippen molar-refractivity contribution < 1.29 is 9.90 Å². The van der Waals surface area contributed by atoms with Gasteiger partial charge < -0.3 is 10.0 Å². The van der Waals surface area contributed by atoms with Crippen molar-refractivity contribution in [3.8, 4) is 0 Å². The van der Waals surface area contributed by atoms with Crippen molar-refractivity contribution in [1.29, 1.82) is 0 Å². The zero-order valence-electron chi connectivity index (χ0n) is 12.6. The molecule has 3 rings (SSSR count). The van der Waals surface area contributed by atoms with Gasteiger partial charge in [0.25, 0.3) is 5.91 Å². The molecule has 3 nitrogen and oxygen atoms in total. The molecule has 1 aliphatic heterocycles. The molecule has 1 aromatic rings. The van der Waals surface area contributed by atoms with Crippen molar-refractivity contribution in [2.24, 2.45) is 5.92 Å². The molecule has 0 bridgehead atoms. The minimum Gasteiger partial charge on any atom is -0.393 e. The first kappa shape index (κ1) is 14.6.